The molecule has 0 aromatic carbocycles. The zero-order chi connectivity index (χ0) is 14.6. The van der Waals surface area contributed by atoms with Gasteiger partial charge in [-0.25, -0.2) is 0 Å². The molecule has 0 radical (unpaired) electrons. The van der Waals surface area contributed by atoms with E-state index in [0.29, 0.717) is 10.1 Å². The Labute approximate surface area is 127 Å². The van der Waals surface area contributed by atoms with Crippen LogP contribution in [-0.2, 0) is 0 Å². The van der Waals surface area contributed by atoms with Gasteiger partial charge in [0.15, 0.2) is 0 Å². The molecule has 19 heavy (non-hydrogen) atoms. The topological polar surface area (TPSA) is 12.4 Å². The van der Waals surface area contributed by atoms with E-state index in [-0.39, 0.29) is 0 Å². The summed E-state index contributed by atoms with van der Waals surface area (Å²) < 4.78 is 0. The maximum absolute atomic E-state index is 6.32. The molecule has 0 amide bonds. The van der Waals surface area contributed by atoms with E-state index in [1.165, 1.54) is 24.0 Å². The summed E-state index contributed by atoms with van der Waals surface area (Å²) >= 11 is 12.6. The Morgan fingerprint density at radius 2 is 1.84 bits per heavy atom. The van der Waals surface area contributed by atoms with E-state index in [9.17, 15) is 0 Å². The summed E-state index contributed by atoms with van der Waals surface area (Å²) in [5, 5.41) is 1.36. The molecule has 1 aliphatic carbocycles. The highest BCUT2D eigenvalue weighted by molar-refractivity contribution is 6.41. The van der Waals surface area contributed by atoms with Crippen molar-refractivity contribution in [1.82, 2.24) is 0 Å². The first-order valence-electron chi connectivity index (χ1n) is 6.83. The number of rotatable bonds is 5. The third-order valence-electron chi connectivity index (χ3n) is 3.60. The number of hydrogen-bond donors (Lipinski definition) is 0. The highest BCUT2D eigenvalue weighted by atomic mass is 35.5. The third-order valence-corrected chi connectivity index (χ3v) is 4.20. The van der Waals surface area contributed by atoms with Gasteiger partial charge in [0.05, 0.1) is 5.71 Å². The summed E-state index contributed by atoms with van der Waals surface area (Å²) in [6.07, 6.45) is 5.41. The van der Waals surface area contributed by atoms with Gasteiger partial charge in [-0.3, -0.25) is 4.99 Å². The molecule has 0 heterocycles. The minimum atomic E-state index is 0.669. The summed E-state index contributed by atoms with van der Waals surface area (Å²) in [4.78, 5) is 4.47. The van der Waals surface area contributed by atoms with Crippen LogP contribution in [0.3, 0.4) is 0 Å². The fraction of sp³-hybridized carbons (Fsp3) is 0.562. The fourth-order valence-corrected chi connectivity index (χ4v) is 2.85. The van der Waals surface area contributed by atoms with E-state index in [4.69, 9.17) is 23.2 Å². The standard InChI is InChI=1S/C16H23Cl2N/c1-6-13(10(3)12-8-9-12)16(19-5)15(11(4)17)14(18)7-2/h7,12H,6,8-9H2,1-5H3/b13-10+,14-7+,15-11-,19-16?. The van der Waals surface area contributed by atoms with Gasteiger partial charge >= 0.3 is 0 Å². The van der Waals surface area contributed by atoms with Crippen LogP contribution in [0.4, 0.5) is 0 Å². The molecule has 0 spiro atoms. The Kier molecular flexibility index (Phi) is 6.35. The SMILES string of the molecule is C/C=C(Cl)\C(C(=NC)/C(CC)=C(\C)C1CC1)=C(/C)Cl. The van der Waals surface area contributed by atoms with Crippen LogP contribution in [0.2, 0.25) is 0 Å². The second kappa shape index (κ2) is 7.31. The van der Waals surface area contributed by atoms with Crippen LogP contribution in [-0.4, -0.2) is 12.8 Å². The molecular weight excluding hydrogens is 277 g/mol. The number of hydrogen-bond acceptors (Lipinski definition) is 1. The van der Waals surface area contributed by atoms with Crippen LogP contribution in [0.25, 0.3) is 0 Å². The first kappa shape index (κ1) is 16.5. The van der Waals surface area contributed by atoms with Crippen LogP contribution in [0.5, 0.6) is 0 Å². The number of aliphatic imine (C=N–C) groups is 1. The van der Waals surface area contributed by atoms with Gasteiger partial charge < -0.3 is 0 Å². The summed E-state index contributed by atoms with van der Waals surface area (Å²) in [7, 11) is 1.81. The zero-order valence-electron chi connectivity index (χ0n) is 12.5. The quantitative estimate of drug-likeness (QED) is 0.446. The Morgan fingerprint density at radius 3 is 2.16 bits per heavy atom. The van der Waals surface area contributed by atoms with E-state index in [0.717, 1.165) is 23.6 Å². The monoisotopic (exact) mass is 299 g/mol. The first-order valence-corrected chi connectivity index (χ1v) is 7.59. The minimum Gasteiger partial charge on any atom is -0.288 e. The number of halogens is 2. The van der Waals surface area contributed by atoms with Crippen LogP contribution in [0.15, 0.2) is 37.9 Å². The van der Waals surface area contributed by atoms with E-state index in [2.05, 4.69) is 18.8 Å². The van der Waals surface area contributed by atoms with E-state index < -0.39 is 0 Å². The summed E-state index contributed by atoms with van der Waals surface area (Å²) in [6.45, 7) is 8.16. The summed E-state index contributed by atoms with van der Waals surface area (Å²) in [5.41, 5.74) is 4.55. The molecule has 1 fully saturated rings. The second-order valence-electron chi connectivity index (χ2n) is 4.91. The third kappa shape index (κ3) is 3.97. The van der Waals surface area contributed by atoms with Crippen molar-refractivity contribution in [2.75, 3.05) is 7.05 Å². The highest BCUT2D eigenvalue weighted by Crippen LogP contribution is 2.40. The Morgan fingerprint density at radius 1 is 1.26 bits per heavy atom. The van der Waals surface area contributed by atoms with Crippen LogP contribution in [0, 0.1) is 5.92 Å². The van der Waals surface area contributed by atoms with Crippen molar-refractivity contribution in [2.24, 2.45) is 10.9 Å². The van der Waals surface area contributed by atoms with Gasteiger partial charge in [0.25, 0.3) is 0 Å². The molecule has 0 aliphatic heterocycles. The first-order chi connectivity index (χ1) is 8.97. The normalized spacial score (nSPS) is 20.2. The Balaban J connectivity index is 3.33. The molecule has 3 heteroatoms. The lowest BCUT2D eigenvalue weighted by molar-refractivity contribution is 0.959. The maximum Gasteiger partial charge on any atom is 0.0701 e. The van der Waals surface area contributed by atoms with Crippen molar-refractivity contribution in [3.05, 3.63) is 32.9 Å². The van der Waals surface area contributed by atoms with E-state index in [1.54, 1.807) is 0 Å². The van der Waals surface area contributed by atoms with Gasteiger partial charge in [0.2, 0.25) is 0 Å². The van der Waals surface area contributed by atoms with Crippen LogP contribution < -0.4 is 0 Å². The molecule has 0 saturated heterocycles. The molecule has 0 aromatic heterocycles. The van der Waals surface area contributed by atoms with Crippen molar-refractivity contribution in [1.29, 1.82) is 0 Å². The van der Waals surface area contributed by atoms with Crippen molar-refractivity contribution in [3.8, 4) is 0 Å². The van der Waals surface area contributed by atoms with Gasteiger partial charge in [0.1, 0.15) is 0 Å². The zero-order valence-corrected chi connectivity index (χ0v) is 14.0. The molecule has 1 saturated carbocycles. The second-order valence-corrected chi connectivity index (χ2v) is 5.88. The molecule has 1 rings (SSSR count). The fourth-order valence-electron chi connectivity index (χ4n) is 2.38. The van der Waals surface area contributed by atoms with E-state index >= 15 is 0 Å². The number of nitrogens with zero attached hydrogens (tertiary/aromatic N) is 1. The molecule has 1 nitrogen and oxygen atoms in total. The summed E-state index contributed by atoms with van der Waals surface area (Å²) in [5.74, 6) is 0.730. The molecule has 0 unspecified atom stereocenters. The van der Waals surface area contributed by atoms with E-state index in [1.807, 2.05) is 27.0 Å². The van der Waals surface area contributed by atoms with Gasteiger partial charge in [-0.1, -0.05) is 41.8 Å². The lowest BCUT2D eigenvalue weighted by atomic mass is 9.93. The van der Waals surface area contributed by atoms with Crippen molar-refractivity contribution >= 4 is 28.9 Å². The predicted octanol–water partition coefficient (Wildman–Crippen LogP) is 5.85. The van der Waals surface area contributed by atoms with Crippen molar-refractivity contribution < 1.29 is 0 Å². The smallest absolute Gasteiger partial charge is 0.0701 e. The number of allylic oxidation sites excluding steroid dienone is 6. The Hall–Kier alpha value is -0.530. The minimum absolute atomic E-state index is 0.669. The molecule has 106 valence electrons. The van der Waals surface area contributed by atoms with Crippen molar-refractivity contribution in [3.63, 3.8) is 0 Å². The lowest BCUT2D eigenvalue weighted by Gasteiger charge is -2.17. The highest BCUT2D eigenvalue weighted by Gasteiger charge is 2.27. The van der Waals surface area contributed by atoms with Crippen molar-refractivity contribution in [2.45, 2.75) is 47.0 Å². The molecular formula is C16H23Cl2N. The average molecular weight is 300 g/mol. The molecule has 0 N–H and O–H groups in total. The van der Waals surface area contributed by atoms with Crippen LogP contribution >= 0.6 is 23.2 Å². The van der Waals surface area contributed by atoms with Gasteiger partial charge in [0, 0.05) is 22.7 Å². The largest absolute Gasteiger partial charge is 0.288 e. The predicted molar refractivity (Wildman–Crippen MR) is 87.2 cm³/mol. The summed E-state index contributed by atoms with van der Waals surface area (Å²) in [6, 6.07) is 0. The molecule has 0 atom stereocenters. The van der Waals surface area contributed by atoms with Gasteiger partial charge in [-0.2, -0.15) is 0 Å². The maximum atomic E-state index is 6.32. The average Bonchev–Trinajstić information content (AvgIpc) is 3.21. The van der Waals surface area contributed by atoms with Crippen LogP contribution in [0.1, 0.15) is 47.0 Å². The van der Waals surface area contributed by atoms with Gasteiger partial charge in [-0.15, -0.1) is 0 Å². The molecule has 1 aliphatic rings. The van der Waals surface area contributed by atoms with Gasteiger partial charge in [-0.05, 0) is 51.5 Å². The molecule has 0 aromatic rings. The molecule has 0 bridgehead atoms. The lowest BCUT2D eigenvalue weighted by Crippen LogP contribution is -2.11. The Bertz CT molecular complexity index is 459.